The quantitative estimate of drug-likeness (QED) is 0.550. The lowest BCUT2D eigenvalue weighted by Gasteiger charge is -1.97. The van der Waals surface area contributed by atoms with Gasteiger partial charge >= 0.3 is 0 Å². The molecule has 0 atom stereocenters. The lowest BCUT2D eigenvalue weighted by Crippen LogP contribution is -1.75. The molecule has 0 aliphatic heterocycles. The van der Waals surface area contributed by atoms with Crippen LogP contribution in [-0.2, 0) is 0 Å². The van der Waals surface area contributed by atoms with E-state index in [2.05, 4.69) is 48.4 Å². The third kappa shape index (κ3) is 2.13. The average molecular weight is 292 g/mol. The second-order valence-corrected chi connectivity index (χ2v) is 4.63. The summed E-state index contributed by atoms with van der Waals surface area (Å²) >= 11 is 0. The molecule has 0 amide bonds. The van der Waals surface area contributed by atoms with Crippen molar-refractivity contribution in [1.29, 1.82) is 0 Å². The molecule has 2 nitrogen and oxygen atoms in total. The summed E-state index contributed by atoms with van der Waals surface area (Å²) in [5.74, 6) is 0. The summed E-state index contributed by atoms with van der Waals surface area (Å²) in [6.45, 7) is 15.5. The van der Waals surface area contributed by atoms with E-state index >= 15 is 0 Å². The Bertz CT molecular complexity index is 872. The van der Waals surface area contributed by atoms with E-state index < -0.39 is 0 Å². The first-order valence-corrected chi connectivity index (χ1v) is 6.45. The zero-order chi connectivity index (χ0) is 14.3. The number of benzene rings is 1. The van der Waals surface area contributed by atoms with Gasteiger partial charge in [-0.2, -0.15) is 0 Å². The minimum absolute atomic E-state index is 0. The zero-order valence-corrected chi connectivity index (χ0v) is 11.3. The van der Waals surface area contributed by atoms with E-state index in [1.165, 1.54) is 0 Å². The lowest BCUT2D eigenvalue weighted by atomic mass is 10.1. The zero-order valence-electron chi connectivity index (χ0n) is 11.3. The van der Waals surface area contributed by atoms with Crippen molar-refractivity contribution in [2.75, 3.05) is 0 Å². The highest BCUT2D eigenvalue weighted by molar-refractivity contribution is 6.13. The van der Waals surface area contributed by atoms with Crippen LogP contribution in [0.4, 0.5) is 0 Å². The summed E-state index contributed by atoms with van der Waals surface area (Å²) < 4.78 is 0. The molecule has 0 bridgehead atoms. The van der Waals surface area contributed by atoms with Gasteiger partial charge in [0, 0.05) is 38.8 Å². The van der Waals surface area contributed by atoms with Gasteiger partial charge in [0.1, 0.15) is 0 Å². The minimum atomic E-state index is 0. The minimum Gasteiger partial charge on any atom is -0.354 e. The smallest absolute Gasteiger partial charge is 0.0566 e. The first kappa shape index (κ1) is 17.3. The Labute approximate surface area is 132 Å². The summed E-state index contributed by atoms with van der Waals surface area (Å²) in [6, 6.07) is 4.17. The highest BCUT2D eigenvalue weighted by atomic mass is 14.8. The maximum Gasteiger partial charge on any atom is 0.0566 e. The van der Waals surface area contributed by atoms with Crippen LogP contribution in [0.1, 0.15) is 37.4 Å². The second kappa shape index (κ2) is 6.35. The van der Waals surface area contributed by atoms with Crippen molar-refractivity contribution in [3.8, 4) is 0 Å². The van der Waals surface area contributed by atoms with Crippen LogP contribution in [-0.4, -0.2) is 9.97 Å². The van der Waals surface area contributed by atoms with Gasteiger partial charge in [-0.15, -0.1) is 0 Å². The highest BCUT2D eigenvalue weighted by Gasteiger charge is 2.14. The van der Waals surface area contributed by atoms with E-state index in [1.807, 2.05) is 24.3 Å². The molecule has 2 aromatic heterocycles. The Kier molecular flexibility index (Phi) is 5.00. The topological polar surface area (TPSA) is 31.6 Å². The summed E-state index contributed by atoms with van der Waals surface area (Å²) in [5, 5.41) is 2.27. The molecule has 0 saturated carbocycles. The second-order valence-electron chi connectivity index (χ2n) is 4.63. The van der Waals surface area contributed by atoms with Crippen molar-refractivity contribution in [2.45, 2.75) is 14.9 Å². The molecule has 3 aromatic rings. The van der Waals surface area contributed by atoms with Crippen molar-refractivity contribution in [2.24, 2.45) is 0 Å². The lowest BCUT2D eigenvalue weighted by molar-refractivity contribution is 1.43. The van der Waals surface area contributed by atoms with Gasteiger partial charge in [-0.3, -0.25) is 0 Å². The Morgan fingerprint density at radius 1 is 0.727 bits per heavy atom. The molecular formula is C20H24N2. The maximum absolute atomic E-state index is 3.92. The summed E-state index contributed by atoms with van der Waals surface area (Å²) in [5.41, 5.74) is 6.25. The van der Waals surface area contributed by atoms with E-state index in [0.717, 1.165) is 44.3 Å². The van der Waals surface area contributed by atoms with Gasteiger partial charge in [0.2, 0.25) is 0 Å². The van der Waals surface area contributed by atoms with Gasteiger partial charge in [-0.1, -0.05) is 59.4 Å². The highest BCUT2D eigenvalue weighted by Crippen LogP contribution is 2.34. The van der Waals surface area contributed by atoms with Gasteiger partial charge in [0.25, 0.3) is 0 Å². The molecule has 0 spiro atoms. The normalized spacial score (nSPS) is 9.82. The van der Waals surface area contributed by atoms with Gasteiger partial charge in [-0.25, -0.2) is 0 Å². The molecular weight excluding hydrogens is 268 g/mol. The first-order chi connectivity index (χ1) is 9.74. The number of hydrogen-bond acceptors (Lipinski definition) is 0. The fourth-order valence-electron chi connectivity index (χ4n) is 2.79. The van der Waals surface area contributed by atoms with Crippen LogP contribution in [0.5, 0.6) is 0 Å². The summed E-state index contributed by atoms with van der Waals surface area (Å²) in [7, 11) is 0. The fourth-order valence-corrected chi connectivity index (χ4v) is 2.79. The Hall–Kier alpha value is -2.74. The van der Waals surface area contributed by atoms with Crippen molar-refractivity contribution in [1.82, 2.24) is 9.97 Å². The van der Waals surface area contributed by atoms with Crippen molar-refractivity contribution in [3.63, 3.8) is 0 Å². The molecule has 0 saturated heterocycles. The van der Waals surface area contributed by atoms with Crippen LogP contribution in [0.3, 0.4) is 0 Å². The number of rotatable bonds is 4. The monoisotopic (exact) mass is 292 g/mol. The van der Waals surface area contributed by atoms with E-state index in [4.69, 9.17) is 0 Å². The molecule has 22 heavy (non-hydrogen) atoms. The number of nitrogens with one attached hydrogen (secondary N) is 2. The van der Waals surface area contributed by atoms with Crippen LogP contribution in [0.25, 0.3) is 46.1 Å². The van der Waals surface area contributed by atoms with Crippen LogP contribution in [0.15, 0.2) is 38.4 Å². The van der Waals surface area contributed by atoms with Crippen LogP contribution in [0, 0.1) is 0 Å². The number of H-pyrrole nitrogens is 2. The summed E-state index contributed by atoms with van der Waals surface area (Å²) in [6.07, 6.45) is 7.35. The van der Waals surface area contributed by atoms with Crippen LogP contribution in [0.2, 0.25) is 0 Å². The average Bonchev–Trinajstić information content (AvgIpc) is 3.02. The van der Waals surface area contributed by atoms with Crippen molar-refractivity contribution < 1.29 is 0 Å². The van der Waals surface area contributed by atoms with Crippen molar-refractivity contribution in [3.05, 3.63) is 61.0 Å². The Morgan fingerprint density at radius 3 is 1.86 bits per heavy atom. The molecule has 2 heterocycles. The molecule has 2 heteroatoms. The molecule has 3 rings (SSSR count). The molecule has 2 N–H and O–H groups in total. The van der Waals surface area contributed by atoms with Crippen LogP contribution < -0.4 is 0 Å². The standard InChI is InChI=1S/C18H16N2.2CH4/c1-5-11-13-9-10-16-17(18(13)20-14(11)7-3)12(6-2)15(8-4)19-16;;/h5-10,19-20H,1-4H2;2*1H4. The van der Waals surface area contributed by atoms with E-state index in [9.17, 15) is 0 Å². The molecule has 0 fully saturated rings. The van der Waals surface area contributed by atoms with Gasteiger partial charge in [0.15, 0.2) is 0 Å². The van der Waals surface area contributed by atoms with Gasteiger partial charge in [-0.05, 0) is 18.2 Å². The Balaban J connectivity index is 0.00000121. The number of aromatic amines is 2. The maximum atomic E-state index is 3.92. The first-order valence-electron chi connectivity index (χ1n) is 6.45. The summed E-state index contributed by atoms with van der Waals surface area (Å²) in [4.78, 5) is 6.79. The van der Waals surface area contributed by atoms with E-state index in [1.54, 1.807) is 0 Å². The molecule has 0 unspecified atom stereocenters. The molecule has 0 radical (unpaired) electrons. The number of fused-ring (bicyclic) bond motifs is 3. The predicted molar refractivity (Wildman–Crippen MR) is 104 cm³/mol. The Morgan fingerprint density at radius 2 is 1.32 bits per heavy atom. The third-order valence-electron chi connectivity index (χ3n) is 3.69. The molecule has 1 aromatic carbocycles. The van der Waals surface area contributed by atoms with Crippen molar-refractivity contribution >= 4 is 46.1 Å². The van der Waals surface area contributed by atoms with Crippen LogP contribution >= 0.6 is 0 Å². The number of hydrogen-bond donors (Lipinski definition) is 2. The third-order valence-corrected chi connectivity index (χ3v) is 3.69. The molecule has 0 aliphatic rings. The SMILES string of the molecule is C.C.C=Cc1[nH]c2c(ccc3[nH]c(C=C)c(C=C)c32)c1C=C. The van der Waals surface area contributed by atoms with Gasteiger partial charge < -0.3 is 9.97 Å². The molecule has 114 valence electrons. The largest absolute Gasteiger partial charge is 0.354 e. The molecule has 0 aliphatic carbocycles. The predicted octanol–water partition coefficient (Wildman–Crippen LogP) is 6.49. The van der Waals surface area contributed by atoms with E-state index in [0.29, 0.717) is 0 Å². The number of aromatic nitrogens is 2. The fraction of sp³-hybridized carbons (Fsp3) is 0.100. The van der Waals surface area contributed by atoms with E-state index in [-0.39, 0.29) is 14.9 Å². The van der Waals surface area contributed by atoms with Gasteiger partial charge in [0.05, 0.1) is 5.52 Å².